The van der Waals surface area contributed by atoms with Gasteiger partial charge in [-0.2, -0.15) is 0 Å². The van der Waals surface area contributed by atoms with E-state index in [1.54, 1.807) is 0 Å². The summed E-state index contributed by atoms with van der Waals surface area (Å²) in [7, 11) is 0. The average Bonchev–Trinajstić information content (AvgIpc) is 4.12. The van der Waals surface area contributed by atoms with Crippen LogP contribution in [0.15, 0.2) is 249 Å². The topological polar surface area (TPSA) is 17.3 Å². The summed E-state index contributed by atoms with van der Waals surface area (Å²) >= 11 is 1.85. The molecule has 16 rings (SSSR count). The zero-order valence-electron chi connectivity index (χ0n) is 42.1. The first-order valence-corrected chi connectivity index (χ1v) is 27.3. The van der Waals surface area contributed by atoms with Crippen LogP contribution in [0.1, 0.15) is 25.0 Å². The first kappa shape index (κ1) is 43.3. The zero-order chi connectivity index (χ0) is 50.2. The molecule has 0 amide bonds. The molecule has 0 atom stereocenters. The van der Waals surface area contributed by atoms with Crippen LogP contribution in [0.3, 0.4) is 0 Å². The standard InChI is InChI=1S/C72H47BN2S/c1-72(2)63-23-13-12-21-58(63)59-33-32-55(42-64(59)72)73(54-30-28-45(29-31-54)44-14-4-3-5-15-44)65-35-34-56(57-20-10-11-22-60(57)65)46-24-26-47(27-25-46)67-43-62-61-38-50-18-8-9-19-51(50)41-69(61)76-70(62)71-74-66-39-52-36-48-16-6-7-17-49(48)37-53(52)40-68(66)75(67)71/h3-43H,1-2H3. The van der Waals surface area contributed by atoms with Crippen molar-refractivity contribution in [2.45, 2.75) is 19.3 Å². The molecule has 3 heterocycles. The Morgan fingerprint density at radius 3 is 1.76 bits per heavy atom. The van der Waals surface area contributed by atoms with E-state index in [-0.39, 0.29) is 12.1 Å². The number of fused-ring (bicyclic) bond motifs is 14. The van der Waals surface area contributed by atoms with Crippen LogP contribution in [0.2, 0.25) is 0 Å². The van der Waals surface area contributed by atoms with Crippen LogP contribution in [0.25, 0.3) is 125 Å². The molecule has 0 bridgehead atoms. The molecule has 0 radical (unpaired) electrons. The zero-order valence-corrected chi connectivity index (χ0v) is 42.9. The number of thiophene rings is 1. The molecule has 0 aliphatic heterocycles. The summed E-state index contributed by atoms with van der Waals surface area (Å²) in [5.74, 6) is 0. The lowest BCUT2D eigenvalue weighted by molar-refractivity contribution is 0.661. The van der Waals surface area contributed by atoms with Crippen LogP contribution in [-0.2, 0) is 5.41 Å². The Hall–Kier alpha value is -9.09. The van der Waals surface area contributed by atoms with Crippen molar-refractivity contribution in [3.8, 4) is 44.6 Å². The van der Waals surface area contributed by atoms with Gasteiger partial charge in [-0.15, -0.1) is 11.3 Å². The second-order valence-electron chi connectivity index (χ2n) is 21.5. The number of rotatable bonds is 6. The first-order valence-electron chi connectivity index (χ1n) is 26.4. The summed E-state index contributed by atoms with van der Waals surface area (Å²) < 4.78 is 4.91. The number of pyridine rings is 1. The number of hydrogen-bond acceptors (Lipinski definition) is 2. The Bertz CT molecular complexity index is 4880. The van der Waals surface area contributed by atoms with Crippen LogP contribution in [0, 0.1) is 0 Å². The highest BCUT2D eigenvalue weighted by molar-refractivity contribution is 7.26. The highest BCUT2D eigenvalue weighted by Crippen LogP contribution is 2.48. The Morgan fingerprint density at radius 1 is 0.395 bits per heavy atom. The molecule has 0 saturated heterocycles. The Kier molecular flexibility index (Phi) is 9.38. The summed E-state index contributed by atoms with van der Waals surface area (Å²) in [6.07, 6.45) is 0. The molecule has 0 N–H and O–H groups in total. The molecule has 0 unspecified atom stereocenters. The molecule has 0 saturated carbocycles. The second-order valence-corrected chi connectivity index (χ2v) is 22.5. The van der Waals surface area contributed by atoms with Crippen LogP contribution in [0.5, 0.6) is 0 Å². The molecular formula is C72H47BN2S. The molecule has 0 spiro atoms. The van der Waals surface area contributed by atoms with Gasteiger partial charge in [0.05, 0.1) is 21.4 Å². The van der Waals surface area contributed by atoms with Crippen molar-refractivity contribution in [2.75, 3.05) is 0 Å². The highest BCUT2D eigenvalue weighted by Gasteiger charge is 2.36. The fourth-order valence-electron chi connectivity index (χ4n) is 13.0. The maximum atomic E-state index is 5.51. The summed E-state index contributed by atoms with van der Waals surface area (Å²) in [5.41, 5.74) is 19.5. The lowest BCUT2D eigenvalue weighted by atomic mass is 9.36. The van der Waals surface area contributed by atoms with E-state index in [9.17, 15) is 0 Å². The van der Waals surface area contributed by atoms with Gasteiger partial charge in [0.15, 0.2) is 5.65 Å². The SMILES string of the molecule is CC1(C)c2ccccc2-c2ccc(B(c3ccc(-c4ccccc4)cc3)c3ccc(-c4ccc(-c5cc6c7cc8ccccc8cc7sc6c6nc7cc8cc9ccccc9cc8cc7n56)cc4)c4ccccc34)cc21. The van der Waals surface area contributed by atoms with Gasteiger partial charge in [0.25, 0.3) is 0 Å². The Labute approximate surface area is 444 Å². The molecule has 1 aliphatic rings. The molecule has 15 aromatic rings. The molecule has 12 aromatic carbocycles. The molecule has 76 heavy (non-hydrogen) atoms. The molecule has 0 fully saturated rings. The molecule has 2 nitrogen and oxygen atoms in total. The molecule has 3 aromatic heterocycles. The number of hydrogen-bond donors (Lipinski definition) is 0. The van der Waals surface area contributed by atoms with Crippen molar-refractivity contribution in [1.29, 1.82) is 0 Å². The van der Waals surface area contributed by atoms with Crippen molar-refractivity contribution in [1.82, 2.24) is 9.38 Å². The third kappa shape index (κ3) is 6.57. The van der Waals surface area contributed by atoms with E-state index in [0.29, 0.717) is 0 Å². The minimum Gasteiger partial charge on any atom is -0.291 e. The first-order chi connectivity index (χ1) is 37.4. The fraction of sp³-hybridized carbons (Fsp3) is 0.0417. The molecule has 354 valence electrons. The van der Waals surface area contributed by atoms with Crippen LogP contribution >= 0.6 is 11.3 Å². The lowest BCUT2D eigenvalue weighted by Crippen LogP contribution is -2.52. The van der Waals surface area contributed by atoms with E-state index >= 15 is 0 Å². The highest BCUT2D eigenvalue weighted by atomic mass is 32.1. The molecule has 1 aliphatic carbocycles. The van der Waals surface area contributed by atoms with E-state index < -0.39 is 0 Å². The van der Waals surface area contributed by atoms with E-state index in [0.717, 1.165) is 27.9 Å². The monoisotopic (exact) mass is 982 g/mol. The van der Waals surface area contributed by atoms with Gasteiger partial charge in [-0.1, -0.05) is 236 Å². The van der Waals surface area contributed by atoms with E-state index in [4.69, 9.17) is 4.98 Å². The van der Waals surface area contributed by atoms with Crippen molar-refractivity contribution >= 4 is 114 Å². The van der Waals surface area contributed by atoms with E-state index in [1.165, 1.54) is 124 Å². The number of imidazole rings is 1. The molecule has 4 heteroatoms. The molecular weight excluding hydrogens is 936 g/mol. The quantitative estimate of drug-likeness (QED) is 0.120. The predicted molar refractivity (Wildman–Crippen MR) is 327 cm³/mol. The summed E-state index contributed by atoms with van der Waals surface area (Å²) in [6.45, 7) is 4.77. The minimum absolute atomic E-state index is 0.000284. The smallest absolute Gasteiger partial charge is 0.242 e. The van der Waals surface area contributed by atoms with Gasteiger partial charge in [0, 0.05) is 20.9 Å². The fourth-order valence-corrected chi connectivity index (χ4v) is 14.2. The van der Waals surface area contributed by atoms with Crippen molar-refractivity contribution in [2.24, 2.45) is 0 Å². The number of aromatic nitrogens is 2. The van der Waals surface area contributed by atoms with Crippen molar-refractivity contribution in [3.63, 3.8) is 0 Å². The normalized spacial score (nSPS) is 13.0. The van der Waals surface area contributed by atoms with E-state index in [2.05, 4.69) is 267 Å². The number of nitrogens with zero attached hydrogens (tertiary/aromatic N) is 2. The average molecular weight is 983 g/mol. The van der Waals surface area contributed by atoms with Gasteiger partial charge in [-0.3, -0.25) is 4.40 Å². The maximum Gasteiger partial charge on any atom is 0.242 e. The van der Waals surface area contributed by atoms with Crippen molar-refractivity contribution in [3.05, 3.63) is 260 Å². The van der Waals surface area contributed by atoms with Gasteiger partial charge >= 0.3 is 0 Å². The van der Waals surface area contributed by atoms with Crippen LogP contribution in [0.4, 0.5) is 0 Å². The van der Waals surface area contributed by atoms with Gasteiger partial charge < -0.3 is 0 Å². The summed E-state index contributed by atoms with van der Waals surface area (Å²) in [4.78, 5) is 5.51. The van der Waals surface area contributed by atoms with Gasteiger partial charge in [0.2, 0.25) is 6.71 Å². The third-order valence-electron chi connectivity index (χ3n) is 16.8. The maximum absolute atomic E-state index is 5.51. The van der Waals surface area contributed by atoms with E-state index in [1.807, 2.05) is 11.3 Å². The summed E-state index contributed by atoms with van der Waals surface area (Å²) in [5, 5.41) is 12.4. The summed E-state index contributed by atoms with van der Waals surface area (Å²) in [6, 6.07) is 93.1. The van der Waals surface area contributed by atoms with Crippen LogP contribution < -0.4 is 16.4 Å². The van der Waals surface area contributed by atoms with Crippen LogP contribution in [-0.4, -0.2) is 16.1 Å². The largest absolute Gasteiger partial charge is 0.291 e. The Balaban J connectivity index is 0.855. The van der Waals surface area contributed by atoms with Gasteiger partial charge in [-0.05, 0) is 136 Å². The number of benzene rings is 12. The second kappa shape index (κ2) is 16.5. The lowest BCUT2D eigenvalue weighted by Gasteiger charge is -2.24. The van der Waals surface area contributed by atoms with Gasteiger partial charge in [-0.25, -0.2) is 4.98 Å². The third-order valence-corrected chi connectivity index (χ3v) is 18.0. The predicted octanol–water partition coefficient (Wildman–Crippen LogP) is 17.3. The van der Waals surface area contributed by atoms with Crippen molar-refractivity contribution < 1.29 is 0 Å². The Morgan fingerprint density at radius 2 is 0.987 bits per heavy atom. The van der Waals surface area contributed by atoms with Gasteiger partial charge in [0.1, 0.15) is 0 Å². The minimum atomic E-state index is -0.111.